The van der Waals surface area contributed by atoms with Crippen LogP contribution in [-0.2, 0) is 4.79 Å². The van der Waals surface area contributed by atoms with Gasteiger partial charge in [-0.1, -0.05) is 6.07 Å². The zero-order chi connectivity index (χ0) is 21.4. The Morgan fingerprint density at radius 1 is 1.06 bits per heavy atom. The lowest BCUT2D eigenvalue weighted by molar-refractivity contribution is -0.136. The summed E-state index contributed by atoms with van der Waals surface area (Å²) in [5.74, 6) is 1.81. The van der Waals surface area contributed by atoms with Crippen molar-refractivity contribution in [2.45, 2.75) is 32.2 Å². The van der Waals surface area contributed by atoms with Crippen LogP contribution in [0.3, 0.4) is 0 Å². The molecule has 0 saturated carbocycles. The maximum atomic E-state index is 13.3. The number of hydrogen-bond acceptors (Lipinski definition) is 7. The first kappa shape index (κ1) is 19.6. The van der Waals surface area contributed by atoms with E-state index in [9.17, 15) is 9.59 Å². The Bertz CT molecular complexity index is 1210. The highest BCUT2D eigenvalue weighted by Crippen LogP contribution is 2.35. The van der Waals surface area contributed by atoms with Gasteiger partial charge in [-0.05, 0) is 56.1 Å². The van der Waals surface area contributed by atoms with Gasteiger partial charge in [0.25, 0.3) is 0 Å². The number of carbonyl (C=O) groups excluding carboxylic acids is 1. The van der Waals surface area contributed by atoms with Gasteiger partial charge in [0.2, 0.25) is 5.43 Å². The van der Waals surface area contributed by atoms with Crippen molar-refractivity contribution in [1.82, 2.24) is 5.32 Å². The molecule has 2 aliphatic rings. The predicted octanol–water partition coefficient (Wildman–Crippen LogP) is 3.59. The number of ether oxygens (including phenoxy) is 3. The molecule has 7 nitrogen and oxygen atoms in total. The predicted molar refractivity (Wildman–Crippen MR) is 115 cm³/mol. The molecule has 2 aromatic carbocycles. The summed E-state index contributed by atoms with van der Waals surface area (Å²) >= 11 is 0. The van der Waals surface area contributed by atoms with Crippen LogP contribution in [0.1, 0.15) is 25.0 Å². The molecule has 0 spiro atoms. The summed E-state index contributed by atoms with van der Waals surface area (Å²) in [7, 11) is 0. The highest BCUT2D eigenvalue weighted by Gasteiger charge is 2.24. The van der Waals surface area contributed by atoms with Crippen LogP contribution in [0.4, 0.5) is 0 Å². The number of esters is 1. The first-order valence-corrected chi connectivity index (χ1v) is 10.5. The summed E-state index contributed by atoms with van der Waals surface area (Å²) in [4.78, 5) is 25.5. The van der Waals surface area contributed by atoms with E-state index in [-0.39, 0.29) is 17.4 Å². The van der Waals surface area contributed by atoms with Gasteiger partial charge in [-0.15, -0.1) is 0 Å². The summed E-state index contributed by atoms with van der Waals surface area (Å²) in [6.07, 6.45) is 2.53. The van der Waals surface area contributed by atoms with Gasteiger partial charge >= 0.3 is 5.97 Å². The van der Waals surface area contributed by atoms with E-state index in [0.717, 1.165) is 25.8 Å². The van der Waals surface area contributed by atoms with Gasteiger partial charge in [0.1, 0.15) is 23.1 Å². The zero-order valence-electron chi connectivity index (χ0n) is 17.2. The molecule has 5 rings (SSSR count). The van der Waals surface area contributed by atoms with Crippen LogP contribution in [0.25, 0.3) is 22.1 Å². The molecule has 1 atom stereocenters. The van der Waals surface area contributed by atoms with Crippen molar-refractivity contribution in [2.75, 3.05) is 19.8 Å². The van der Waals surface area contributed by atoms with E-state index in [1.54, 1.807) is 25.1 Å². The average molecular weight is 421 g/mol. The Morgan fingerprint density at radius 2 is 1.90 bits per heavy atom. The molecule has 1 N–H and O–H groups in total. The van der Waals surface area contributed by atoms with Crippen molar-refractivity contribution >= 4 is 16.9 Å². The third-order valence-corrected chi connectivity index (χ3v) is 5.64. The third kappa shape index (κ3) is 3.77. The Kier molecular flexibility index (Phi) is 5.11. The minimum Gasteiger partial charge on any atom is -0.490 e. The number of benzene rings is 2. The quantitative estimate of drug-likeness (QED) is 0.511. The van der Waals surface area contributed by atoms with Crippen molar-refractivity contribution in [3.8, 4) is 28.4 Å². The molecule has 0 bridgehead atoms. The van der Waals surface area contributed by atoms with Crippen LogP contribution >= 0.6 is 0 Å². The molecule has 0 amide bonds. The second-order valence-electron chi connectivity index (χ2n) is 7.80. The van der Waals surface area contributed by atoms with Crippen molar-refractivity contribution in [3.63, 3.8) is 0 Å². The second-order valence-corrected chi connectivity index (χ2v) is 7.80. The zero-order valence-corrected chi connectivity index (χ0v) is 17.2. The standard InChI is InChI=1S/C24H23NO6/c1-14-22(15-5-8-19-21(12-15)29-11-3-10-28-19)23(26)17-7-6-16(13-20(17)30-14)31-24(27)18-4-2-9-25-18/h5-8,12-13,18,25H,2-4,9-11H2,1H3/t18-/m1/s1. The smallest absolute Gasteiger partial charge is 0.328 e. The fourth-order valence-electron chi connectivity index (χ4n) is 4.07. The maximum absolute atomic E-state index is 13.3. The van der Waals surface area contributed by atoms with Crippen molar-refractivity contribution in [3.05, 3.63) is 52.4 Å². The SMILES string of the molecule is Cc1oc2cc(OC(=O)[C@H]3CCCN3)ccc2c(=O)c1-c1ccc2c(c1)OCCCO2. The van der Waals surface area contributed by atoms with E-state index >= 15 is 0 Å². The lowest BCUT2D eigenvalue weighted by Crippen LogP contribution is -2.34. The van der Waals surface area contributed by atoms with E-state index in [4.69, 9.17) is 18.6 Å². The van der Waals surface area contributed by atoms with Crippen LogP contribution in [0.15, 0.2) is 45.6 Å². The molecule has 160 valence electrons. The van der Waals surface area contributed by atoms with Gasteiger partial charge in [0, 0.05) is 12.5 Å². The summed E-state index contributed by atoms with van der Waals surface area (Å²) in [5, 5.41) is 3.54. The lowest BCUT2D eigenvalue weighted by Gasteiger charge is -2.12. The molecule has 31 heavy (non-hydrogen) atoms. The highest BCUT2D eigenvalue weighted by molar-refractivity contribution is 5.85. The van der Waals surface area contributed by atoms with E-state index in [1.165, 1.54) is 0 Å². The Labute approximate surface area is 178 Å². The Hall–Kier alpha value is -3.32. The lowest BCUT2D eigenvalue weighted by atomic mass is 10.0. The largest absolute Gasteiger partial charge is 0.490 e. The second kappa shape index (κ2) is 8.07. The molecular weight excluding hydrogens is 398 g/mol. The maximum Gasteiger partial charge on any atom is 0.328 e. The minimum atomic E-state index is -0.320. The molecule has 1 fully saturated rings. The van der Waals surface area contributed by atoms with Gasteiger partial charge in [-0.25, -0.2) is 4.79 Å². The first-order valence-electron chi connectivity index (χ1n) is 10.5. The molecule has 1 aromatic heterocycles. The van der Waals surface area contributed by atoms with Crippen molar-refractivity contribution < 1.29 is 23.4 Å². The fraction of sp³-hybridized carbons (Fsp3) is 0.333. The first-order chi connectivity index (χ1) is 15.1. The van der Waals surface area contributed by atoms with Gasteiger partial charge in [-0.2, -0.15) is 0 Å². The highest BCUT2D eigenvalue weighted by atomic mass is 16.5. The van der Waals surface area contributed by atoms with Gasteiger partial charge < -0.3 is 23.9 Å². The molecule has 3 aromatic rings. The summed E-state index contributed by atoms with van der Waals surface area (Å²) in [5.41, 5.74) is 1.41. The minimum absolute atomic E-state index is 0.149. The van der Waals surface area contributed by atoms with Crippen molar-refractivity contribution in [2.24, 2.45) is 0 Å². The number of hydrogen-bond donors (Lipinski definition) is 1. The summed E-state index contributed by atoms with van der Waals surface area (Å²) in [6, 6.07) is 10.0. The fourth-order valence-corrected chi connectivity index (χ4v) is 4.07. The normalized spacial score (nSPS) is 18.0. The van der Waals surface area contributed by atoms with E-state index in [2.05, 4.69) is 5.32 Å². The van der Waals surface area contributed by atoms with E-state index < -0.39 is 0 Å². The van der Waals surface area contributed by atoms with E-state index in [0.29, 0.717) is 58.3 Å². The average Bonchev–Trinajstić information content (AvgIpc) is 3.20. The monoisotopic (exact) mass is 421 g/mol. The molecule has 0 aliphatic carbocycles. The number of fused-ring (bicyclic) bond motifs is 2. The topological polar surface area (TPSA) is 87.0 Å². The molecule has 0 unspecified atom stereocenters. The Balaban J connectivity index is 1.50. The molecule has 3 heterocycles. The molecule has 1 saturated heterocycles. The van der Waals surface area contributed by atoms with Crippen LogP contribution in [0.5, 0.6) is 17.2 Å². The molecule has 0 radical (unpaired) electrons. The summed E-state index contributed by atoms with van der Waals surface area (Å²) < 4.78 is 22.9. The molecule has 7 heteroatoms. The molecule has 2 aliphatic heterocycles. The van der Waals surface area contributed by atoms with Gasteiger partial charge in [-0.3, -0.25) is 4.79 Å². The summed E-state index contributed by atoms with van der Waals surface area (Å²) in [6.45, 7) is 3.74. The number of carbonyl (C=O) groups is 1. The van der Waals surface area contributed by atoms with Crippen LogP contribution in [-0.4, -0.2) is 31.8 Å². The molecular formula is C24H23NO6. The number of nitrogens with one attached hydrogen (secondary N) is 1. The Morgan fingerprint density at radius 3 is 2.71 bits per heavy atom. The third-order valence-electron chi connectivity index (χ3n) is 5.64. The van der Waals surface area contributed by atoms with Crippen LogP contribution in [0.2, 0.25) is 0 Å². The van der Waals surface area contributed by atoms with Gasteiger partial charge in [0.05, 0.1) is 24.2 Å². The van der Waals surface area contributed by atoms with Crippen molar-refractivity contribution in [1.29, 1.82) is 0 Å². The van der Waals surface area contributed by atoms with Gasteiger partial charge in [0.15, 0.2) is 11.5 Å². The number of rotatable bonds is 3. The van der Waals surface area contributed by atoms with Crippen LogP contribution < -0.4 is 25.0 Å². The van der Waals surface area contributed by atoms with E-state index in [1.807, 2.05) is 18.2 Å². The number of aryl methyl sites for hydroxylation is 1. The van der Waals surface area contributed by atoms with Crippen LogP contribution in [0, 0.1) is 6.92 Å².